The topological polar surface area (TPSA) is 102 Å². The molecular weight excluding hydrogens is 466 g/mol. The molecule has 1 unspecified atom stereocenters. The zero-order valence-corrected chi connectivity index (χ0v) is 20.2. The van der Waals surface area contributed by atoms with Crippen LogP contribution in [0.5, 0.6) is 0 Å². The Labute approximate surface area is 200 Å². The van der Waals surface area contributed by atoms with Gasteiger partial charge in [-0.25, -0.2) is 0 Å². The molecule has 0 aliphatic heterocycles. The molecule has 2 aromatic heterocycles. The van der Waals surface area contributed by atoms with Crippen LogP contribution >= 0.6 is 22.9 Å². The quantitative estimate of drug-likeness (QED) is 0.334. The monoisotopic (exact) mass is 491 g/mol. The number of rotatable bonds is 10. The zero-order chi connectivity index (χ0) is 24.0. The molecule has 0 aliphatic carbocycles. The van der Waals surface area contributed by atoms with Crippen LogP contribution < -0.4 is 10.7 Å². The van der Waals surface area contributed by atoms with Crippen molar-refractivity contribution in [3.63, 3.8) is 0 Å². The van der Waals surface area contributed by atoms with Crippen LogP contribution in [0.2, 0.25) is 5.02 Å². The molecule has 3 aromatic rings. The van der Waals surface area contributed by atoms with E-state index in [0.717, 1.165) is 21.0 Å². The van der Waals surface area contributed by atoms with Crippen LogP contribution in [-0.2, 0) is 29.8 Å². The number of hydrogen-bond acceptors (Lipinski definition) is 7. The summed E-state index contributed by atoms with van der Waals surface area (Å²) in [5.74, 6) is -0.440. The van der Waals surface area contributed by atoms with Crippen molar-refractivity contribution >= 4 is 44.8 Å². The third-order valence-electron chi connectivity index (χ3n) is 4.58. The summed E-state index contributed by atoms with van der Waals surface area (Å²) in [6.07, 6.45) is 0.727. The van der Waals surface area contributed by atoms with Crippen LogP contribution in [-0.4, -0.2) is 40.6 Å². The van der Waals surface area contributed by atoms with Crippen molar-refractivity contribution in [2.45, 2.75) is 33.1 Å². The molecule has 176 valence electrons. The summed E-state index contributed by atoms with van der Waals surface area (Å²) >= 11 is 7.28. The van der Waals surface area contributed by atoms with Crippen molar-refractivity contribution in [1.82, 2.24) is 9.88 Å². The number of pyridine rings is 1. The van der Waals surface area contributed by atoms with Crippen molar-refractivity contribution in [1.29, 1.82) is 0 Å². The summed E-state index contributed by atoms with van der Waals surface area (Å²) in [4.78, 5) is 32.2. The molecule has 0 saturated carbocycles. The van der Waals surface area contributed by atoms with Crippen LogP contribution in [0.25, 0.3) is 10.2 Å². The van der Waals surface area contributed by atoms with E-state index in [9.17, 15) is 14.7 Å². The number of hydrogen-bond donors (Lipinski definition) is 2. The summed E-state index contributed by atoms with van der Waals surface area (Å²) in [7, 11) is 1.79. The number of nitrogens with one attached hydrogen (secondary N) is 1. The lowest BCUT2D eigenvalue weighted by Gasteiger charge is -2.09. The summed E-state index contributed by atoms with van der Waals surface area (Å²) in [6.45, 7) is 4.21. The van der Waals surface area contributed by atoms with Crippen LogP contribution in [0.4, 0.5) is 0 Å². The van der Waals surface area contributed by atoms with E-state index in [0.29, 0.717) is 10.4 Å². The average molecular weight is 492 g/mol. The fraction of sp³-hybridized carbons (Fsp3) is 0.348. The fourth-order valence-corrected chi connectivity index (χ4v) is 4.17. The van der Waals surface area contributed by atoms with E-state index in [4.69, 9.17) is 21.2 Å². The van der Waals surface area contributed by atoms with Crippen LogP contribution in [0.1, 0.15) is 34.6 Å². The van der Waals surface area contributed by atoms with Crippen LogP contribution in [0, 0.1) is 0 Å². The molecule has 3 rings (SSSR count). The lowest BCUT2D eigenvalue weighted by atomic mass is 10.2. The molecular formula is C23H26ClN3O5S. The third-order valence-corrected chi connectivity index (χ3v) is 6.03. The van der Waals surface area contributed by atoms with Crippen LogP contribution in [0.3, 0.4) is 0 Å². The Morgan fingerprint density at radius 3 is 2.70 bits per heavy atom. The average Bonchev–Trinajstić information content (AvgIpc) is 3.20. The molecule has 0 aliphatic rings. The van der Waals surface area contributed by atoms with Gasteiger partial charge < -0.3 is 24.6 Å². The molecule has 8 nitrogen and oxygen atoms in total. The second-order valence-corrected chi connectivity index (χ2v) is 9.28. The minimum absolute atomic E-state index is 0.0335. The number of oxime groups is 1. The number of aryl methyl sites for hydroxylation is 1. The number of aliphatic hydroxyl groups is 1. The van der Waals surface area contributed by atoms with E-state index in [1.165, 1.54) is 11.3 Å². The van der Waals surface area contributed by atoms with Gasteiger partial charge in [0, 0.05) is 29.7 Å². The number of thiophene rings is 1. The summed E-state index contributed by atoms with van der Waals surface area (Å²) in [5.41, 5.74) is 1.38. The van der Waals surface area contributed by atoms with E-state index in [1.807, 2.05) is 12.1 Å². The Bertz CT molecular complexity index is 1200. The second-order valence-electron chi connectivity index (χ2n) is 7.73. The van der Waals surface area contributed by atoms with Crippen LogP contribution in [0.15, 0.2) is 46.5 Å². The first-order chi connectivity index (χ1) is 15.7. The smallest absolute Gasteiger partial charge is 0.257 e. The normalized spacial score (nSPS) is 11.9. The number of nitrogens with zero attached hydrogens (tertiary/aromatic N) is 2. The predicted molar refractivity (Wildman–Crippen MR) is 130 cm³/mol. The number of halogens is 1. The van der Waals surface area contributed by atoms with Gasteiger partial charge in [0.2, 0.25) is 5.43 Å². The van der Waals surface area contributed by atoms with Gasteiger partial charge >= 0.3 is 0 Å². The maximum Gasteiger partial charge on any atom is 0.257 e. The minimum atomic E-state index is -0.815. The second kappa shape index (κ2) is 11.4. The van der Waals surface area contributed by atoms with Gasteiger partial charge in [0.05, 0.1) is 24.3 Å². The highest BCUT2D eigenvalue weighted by Crippen LogP contribution is 2.24. The lowest BCUT2D eigenvalue weighted by Crippen LogP contribution is -2.29. The Balaban J connectivity index is 1.64. The van der Waals surface area contributed by atoms with Gasteiger partial charge in [0.25, 0.3) is 5.91 Å². The molecule has 10 heteroatoms. The molecule has 1 atom stereocenters. The first kappa shape index (κ1) is 24.9. The first-order valence-electron chi connectivity index (χ1n) is 10.3. The lowest BCUT2D eigenvalue weighted by molar-refractivity contribution is -0.0217. The Kier molecular flexibility index (Phi) is 8.62. The zero-order valence-electron chi connectivity index (χ0n) is 18.6. The first-order valence-corrected chi connectivity index (χ1v) is 11.5. The van der Waals surface area contributed by atoms with E-state index in [-0.39, 0.29) is 37.4 Å². The summed E-state index contributed by atoms with van der Waals surface area (Å²) < 4.78 is 7.31. The van der Waals surface area contributed by atoms with Crippen molar-refractivity contribution in [3.8, 4) is 0 Å². The Hall–Kier alpha value is -2.72. The number of aliphatic hydroxyl groups excluding tert-OH is 1. The summed E-state index contributed by atoms with van der Waals surface area (Å²) in [6, 6.07) is 8.85. The molecule has 33 heavy (non-hydrogen) atoms. The number of aromatic nitrogens is 1. The maximum absolute atomic E-state index is 13.0. The van der Waals surface area contributed by atoms with Crippen molar-refractivity contribution < 1.29 is 19.5 Å². The fourth-order valence-electron chi connectivity index (χ4n) is 3.02. The van der Waals surface area contributed by atoms with Crippen molar-refractivity contribution in [3.05, 3.63) is 67.8 Å². The van der Waals surface area contributed by atoms with Crippen molar-refractivity contribution in [2.75, 3.05) is 13.2 Å². The van der Waals surface area contributed by atoms with E-state index in [1.54, 1.807) is 49.9 Å². The Morgan fingerprint density at radius 1 is 1.27 bits per heavy atom. The van der Waals surface area contributed by atoms with Gasteiger partial charge in [-0.1, -0.05) is 28.9 Å². The van der Waals surface area contributed by atoms with E-state index < -0.39 is 12.0 Å². The minimum Gasteiger partial charge on any atom is -0.393 e. The largest absolute Gasteiger partial charge is 0.393 e. The summed E-state index contributed by atoms with van der Waals surface area (Å²) in [5, 5.41) is 17.5. The van der Waals surface area contributed by atoms with Gasteiger partial charge in [-0.2, -0.15) is 0 Å². The van der Waals surface area contributed by atoms with Gasteiger partial charge in [0.15, 0.2) is 0 Å². The highest BCUT2D eigenvalue weighted by Gasteiger charge is 2.17. The highest BCUT2D eigenvalue weighted by atomic mass is 35.5. The molecule has 1 aromatic carbocycles. The molecule has 2 N–H and O–H groups in total. The maximum atomic E-state index is 13.0. The molecule has 0 radical (unpaired) electrons. The number of amides is 1. The SMILES string of the molecule is CC(C)=NOCC(O)COCc1cc2c(=O)c(C(=O)NCc3ccc(Cl)cc3)cn(C)c2s1. The molecule has 0 spiro atoms. The van der Waals surface area contributed by atoms with E-state index >= 15 is 0 Å². The molecule has 2 heterocycles. The molecule has 1 amide bonds. The number of benzene rings is 1. The van der Waals surface area contributed by atoms with Gasteiger partial charge in [-0.15, -0.1) is 11.3 Å². The number of carbonyl (C=O) groups is 1. The predicted octanol–water partition coefficient (Wildman–Crippen LogP) is 3.47. The number of carbonyl (C=O) groups excluding carboxylic acids is 1. The molecule has 0 saturated heterocycles. The molecule has 0 fully saturated rings. The highest BCUT2D eigenvalue weighted by molar-refractivity contribution is 7.18. The number of ether oxygens (including phenoxy) is 1. The van der Waals surface area contributed by atoms with Crippen molar-refractivity contribution in [2.24, 2.45) is 12.2 Å². The van der Waals surface area contributed by atoms with Gasteiger partial charge in [0.1, 0.15) is 23.1 Å². The molecule has 0 bridgehead atoms. The van der Waals surface area contributed by atoms with Gasteiger partial charge in [-0.05, 0) is 37.6 Å². The van der Waals surface area contributed by atoms with Gasteiger partial charge in [-0.3, -0.25) is 9.59 Å². The third kappa shape index (κ3) is 6.88. The van der Waals surface area contributed by atoms with E-state index in [2.05, 4.69) is 10.5 Å². The Morgan fingerprint density at radius 2 is 2.00 bits per heavy atom. The standard InChI is InChI=1S/C23H26ClN3O5S/c1-14(2)26-32-12-17(28)11-31-13-18-8-19-21(29)20(10-27(3)23(19)33-18)22(30)25-9-15-4-6-16(24)7-5-15/h4-8,10,17,28H,9,11-13H2,1-3H3,(H,25,30). The number of fused-ring (bicyclic) bond motifs is 1.